The van der Waals surface area contributed by atoms with E-state index in [2.05, 4.69) is 15.3 Å². The molecular formula is C13H20N4O5. The van der Waals surface area contributed by atoms with Crippen LogP contribution in [0.1, 0.15) is 31.3 Å². The molecule has 0 aromatic carbocycles. The van der Waals surface area contributed by atoms with Crippen molar-refractivity contribution in [2.45, 2.75) is 20.8 Å². The molecule has 0 radical (unpaired) electrons. The number of anilines is 2. The van der Waals surface area contributed by atoms with Gasteiger partial charge >= 0.3 is 17.9 Å². The first-order valence-electron chi connectivity index (χ1n) is 6.90. The van der Waals surface area contributed by atoms with Crippen LogP contribution in [0.25, 0.3) is 0 Å². The lowest BCUT2D eigenvalue weighted by Crippen LogP contribution is -2.20. The smallest absolute Gasteiger partial charge is 0.359 e. The topological polar surface area (TPSA) is 126 Å². The van der Waals surface area contributed by atoms with Gasteiger partial charge < -0.3 is 25.3 Å². The molecule has 0 aliphatic carbocycles. The zero-order chi connectivity index (χ0) is 16.5. The highest BCUT2D eigenvalue weighted by atomic mass is 16.5. The van der Waals surface area contributed by atoms with Crippen LogP contribution in [-0.2, 0) is 14.3 Å². The molecule has 0 spiro atoms. The summed E-state index contributed by atoms with van der Waals surface area (Å²) in [6.07, 6.45) is 0. The predicted octanol–water partition coefficient (Wildman–Crippen LogP) is 0.609. The normalized spacial score (nSPS) is 9.95. The number of nitrogens with zero attached hydrogens (tertiary/aromatic N) is 2. The Morgan fingerprint density at radius 1 is 1.09 bits per heavy atom. The van der Waals surface area contributed by atoms with E-state index in [1.807, 2.05) is 0 Å². The molecule has 22 heavy (non-hydrogen) atoms. The van der Waals surface area contributed by atoms with Gasteiger partial charge in [0, 0.05) is 0 Å². The molecule has 9 heteroatoms. The van der Waals surface area contributed by atoms with Crippen LogP contribution >= 0.6 is 0 Å². The van der Waals surface area contributed by atoms with Gasteiger partial charge in [0.1, 0.15) is 12.2 Å². The summed E-state index contributed by atoms with van der Waals surface area (Å²) in [5.74, 6) is -1.06. The number of esters is 2. The van der Waals surface area contributed by atoms with Crippen LogP contribution in [0.4, 0.5) is 11.5 Å². The summed E-state index contributed by atoms with van der Waals surface area (Å²) < 4.78 is 14.8. The Kier molecular flexibility index (Phi) is 6.87. The fourth-order valence-electron chi connectivity index (χ4n) is 1.50. The van der Waals surface area contributed by atoms with Gasteiger partial charge in [-0.05, 0) is 20.8 Å². The molecule has 3 N–H and O–H groups in total. The Bertz CT molecular complexity index is 535. The summed E-state index contributed by atoms with van der Waals surface area (Å²) in [6, 6.07) is -0.0360. The molecular weight excluding hydrogens is 292 g/mol. The molecule has 0 saturated carbocycles. The molecule has 1 heterocycles. The first kappa shape index (κ1) is 17.5. The number of nitrogen functional groups attached to an aromatic ring is 1. The maximum atomic E-state index is 11.8. The van der Waals surface area contributed by atoms with Crippen LogP contribution in [0.15, 0.2) is 0 Å². The third kappa shape index (κ3) is 4.76. The minimum Gasteiger partial charge on any atom is -0.465 e. The standard InChI is InChI=1S/C13H20N4O5/c1-4-20-8(18)7-15-11-9(14)10(12(19)21-5-2)16-13(17-11)22-6-3/h4-7,14H2,1-3H3,(H,15,16,17). The second-order valence-electron chi connectivity index (χ2n) is 3.93. The third-order valence-corrected chi connectivity index (χ3v) is 2.37. The summed E-state index contributed by atoms with van der Waals surface area (Å²) in [5, 5.41) is 2.70. The molecule has 0 bridgehead atoms. The predicted molar refractivity (Wildman–Crippen MR) is 78.7 cm³/mol. The van der Waals surface area contributed by atoms with Crippen molar-refractivity contribution in [1.29, 1.82) is 0 Å². The zero-order valence-electron chi connectivity index (χ0n) is 12.8. The molecule has 122 valence electrons. The van der Waals surface area contributed by atoms with Gasteiger partial charge in [-0.3, -0.25) is 4.79 Å². The van der Waals surface area contributed by atoms with Crippen molar-refractivity contribution in [3.63, 3.8) is 0 Å². The summed E-state index contributed by atoms with van der Waals surface area (Å²) in [4.78, 5) is 31.1. The molecule has 1 aromatic heterocycles. The highest BCUT2D eigenvalue weighted by Crippen LogP contribution is 2.23. The summed E-state index contributed by atoms with van der Waals surface area (Å²) in [5.41, 5.74) is 5.70. The molecule has 1 aromatic rings. The quantitative estimate of drug-likeness (QED) is 0.664. The van der Waals surface area contributed by atoms with E-state index in [9.17, 15) is 9.59 Å². The molecule has 0 fully saturated rings. The lowest BCUT2D eigenvalue weighted by Gasteiger charge is -2.12. The van der Waals surface area contributed by atoms with E-state index < -0.39 is 11.9 Å². The van der Waals surface area contributed by atoms with E-state index in [0.717, 1.165) is 0 Å². The van der Waals surface area contributed by atoms with E-state index >= 15 is 0 Å². The summed E-state index contributed by atoms with van der Waals surface area (Å²) in [6.45, 7) is 5.71. The third-order valence-electron chi connectivity index (χ3n) is 2.37. The van der Waals surface area contributed by atoms with E-state index in [1.165, 1.54) is 0 Å². The van der Waals surface area contributed by atoms with Crippen LogP contribution in [0.2, 0.25) is 0 Å². The Morgan fingerprint density at radius 2 is 1.77 bits per heavy atom. The minimum absolute atomic E-state index is 0.0220. The Morgan fingerprint density at radius 3 is 2.36 bits per heavy atom. The maximum absolute atomic E-state index is 11.8. The van der Waals surface area contributed by atoms with Gasteiger partial charge in [0.2, 0.25) is 0 Å². The van der Waals surface area contributed by atoms with E-state index in [0.29, 0.717) is 6.61 Å². The minimum atomic E-state index is -0.692. The molecule has 0 amide bonds. The van der Waals surface area contributed by atoms with Gasteiger partial charge in [-0.1, -0.05) is 0 Å². The number of rotatable bonds is 8. The number of nitrogens with one attached hydrogen (secondary N) is 1. The van der Waals surface area contributed by atoms with E-state index in [4.69, 9.17) is 19.9 Å². The molecule has 0 aliphatic heterocycles. The first-order valence-corrected chi connectivity index (χ1v) is 6.90. The highest BCUT2D eigenvalue weighted by Gasteiger charge is 2.20. The van der Waals surface area contributed by atoms with E-state index in [1.54, 1.807) is 20.8 Å². The van der Waals surface area contributed by atoms with Crippen molar-refractivity contribution in [1.82, 2.24) is 9.97 Å². The van der Waals surface area contributed by atoms with Crippen LogP contribution in [0, 0.1) is 0 Å². The number of ether oxygens (including phenoxy) is 3. The van der Waals surface area contributed by atoms with Crippen LogP contribution < -0.4 is 15.8 Å². The number of aromatic nitrogens is 2. The Hall–Kier alpha value is -2.58. The summed E-state index contributed by atoms with van der Waals surface area (Å²) >= 11 is 0. The van der Waals surface area contributed by atoms with Crippen molar-refractivity contribution in [3.05, 3.63) is 5.69 Å². The zero-order valence-corrected chi connectivity index (χ0v) is 12.8. The van der Waals surface area contributed by atoms with E-state index in [-0.39, 0.29) is 43.0 Å². The van der Waals surface area contributed by atoms with Crippen molar-refractivity contribution in [3.8, 4) is 6.01 Å². The van der Waals surface area contributed by atoms with Crippen molar-refractivity contribution < 1.29 is 23.8 Å². The first-order chi connectivity index (χ1) is 10.5. The average Bonchev–Trinajstić information content (AvgIpc) is 2.48. The van der Waals surface area contributed by atoms with Crippen LogP contribution in [0.5, 0.6) is 6.01 Å². The highest BCUT2D eigenvalue weighted by molar-refractivity contribution is 5.96. The fraction of sp³-hybridized carbons (Fsp3) is 0.538. The Labute approximate surface area is 128 Å². The number of carbonyl (C=O) groups excluding carboxylic acids is 2. The Balaban J connectivity index is 3.03. The van der Waals surface area contributed by atoms with Crippen molar-refractivity contribution in [2.75, 3.05) is 37.4 Å². The van der Waals surface area contributed by atoms with Gasteiger partial charge in [-0.25, -0.2) is 4.79 Å². The fourth-order valence-corrected chi connectivity index (χ4v) is 1.50. The molecule has 1 rings (SSSR count). The number of hydrogen-bond donors (Lipinski definition) is 2. The van der Waals surface area contributed by atoms with Crippen LogP contribution in [0.3, 0.4) is 0 Å². The number of hydrogen-bond acceptors (Lipinski definition) is 9. The molecule has 9 nitrogen and oxygen atoms in total. The van der Waals surface area contributed by atoms with Crippen molar-refractivity contribution in [2.24, 2.45) is 0 Å². The largest absolute Gasteiger partial charge is 0.465 e. The van der Waals surface area contributed by atoms with Crippen LogP contribution in [-0.4, -0.2) is 48.3 Å². The van der Waals surface area contributed by atoms with Crippen molar-refractivity contribution >= 4 is 23.4 Å². The second kappa shape index (κ2) is 8.65. The average molecular weight is 312 g/mol. The summed E-state index contributed by atoms with van der Waals surface area (Å²) in [7, 11) is 0. The lowest BCUT2D eigenvalue weighted by atomic mass is 10.3. The lowest BCUT2D eigenvalue weighted by molar-refractivity contribution is -0.140. The van der Waals surface area contributed by atoms with Gasteiger partial charge in [0.25, 0.3) is 0 Å². The molecule has 0 aliphatic rings. The van der Waals surface area contributed by atoms with Gasteiger partial charge in [0.15, 0.2) is 11.5 Å². The second-order valence-corrected chi connectivity index (χ2v) is 3.93. The monoisotopic (exact) mass is 312 g/mol. The maximum Gasteiger partial charge on any atom is 0.359 e. The molecule has 0 unspecified atom stereocenters. The number of nitrogens with two attached hydrogens (primary N) is 1. The molecule has 0 saturated heterocycles. The van der Waals surface area contributed by atoms with Gasteiger partial charge in [-0.2, -0.15) is 9.97 Å². The van der Waals surface area contributed by atoms with Gasteiger partial charge in [-0.15, -0.1) is 0 Å². The molecule has 0 atom stereocenters. The SMILES string of the molecule is CCOC(=O)CNc1nc(OCC)nc(C(=O)OCC)c1N. The number of carbonyl (C=O) groups is 2. The van der Waals surface area contributed by atoms with Gasteiger partial charge in [0.05, 0.1) is 19.8 Å².